The van der Waals surface area contributed by atoms with Crippen molar-refractivity contribution in [3.8, 4) is 0 Å². The van der Waals surface area contributed by atoms with Crippen LogP contribution in [0.1, 0.15) is 18.2 Å². The van der Waals surface area contributed by atoms with Crippen LogP contribution in [0.4, 0.5) is 0 Å². The number of benzene rings is 1. The largest absolute Gasteiger partial charge is 0.314 e. The second-order valence-corrected chi connectivity index (χ2v) is 5.63. The van der Waals surface area contributed by atoms with Gasteiger partial charge in [0.05, 0.1) is 5.69 Å². The monoisotopic (exact) mass is 312 g/mol. The summed E-state index contributed by atoms with van der Waals surface area (Å²) in [6.07, 6.45) is 3.59. The fourth-order valence-corrected chi connectivity index (χ4v) is 2.68. The average molecular weight is 313 g/mol. The van der Waals surface area contributed by atoms with Crippen LogP contribution >= 0.6 is 23.2 Å². The van der Waals surface area contributed by atoms with Crippen LogP contribution in [0.25, 0.3) is 0 Å². The van der Waals surface area contributed by atoms with Gasteiger partial charge < -0.3 is 5.32 Å². The Bertz CT molecular complexity index is 568. The highest BCUT2D eigenvalue weighted by Gasteiger charge is 2.13. The molecule has 0 amide bonds. The first-order chi connectivity index (χ1) is 9.58. The Morgan fingerprint density at radius 3 is 2.70 bits per heavy atom. The van der Waals surface area contributed by atoms with E-state index in [9.17, 15) is 0 Å². The number of hydrogen-bond acceptors (Lipinski definition) is 3. The lowest BCUT2D eigenvalue weighted by Gasteiger charge is -2.17. The highest BCUT2D eigenvalue weighted by molar-refractivity contribution is 6.35. The van der Waals surface area contributed by atoms with Crippen LogP contribution in [0, 0.1) is 0 Å². The number of hydrogen-bond donors (Lipinski definition) is 1. The van der Waals surface area contributed by atoms with Gasteiger partial charge in [0.15, 0.2) is 0 Å². The molecule has 1 atom stereocenters. The summed E-state index contributed by atoms with van der Waals surface area (Å²) in [4.78, 5) is 0. The summed E-state index contributed by atoms with van der Waals surface area (Å²) in [7, 11) is 1.87. The molecule has 0 saturated heterocycles. The van der Waals surface area contributed by atoms with Crippen molar-refractivity contribution < 1.29 is 0 Å². The maximum atomic E-state index is 6.24. The quantitative estimate of drug-likeness (QED) is 0.892. The van der Waals surface area contributed by atoms with E-state index in [0.717, 1.165) is 30.6 Å². The van der Waals surface area contributed by atoms with Crippen molar-refractivity contribution in [1.82, 2.24) is 20.3 Å². The fraction of sp³-hybridized carbons (Fsp3) is 0.429. The van der Waals surface area contributed by atoms with Crippen molar-refractivity contribution in [3.63, 3.8) is 0 Å². The van der Waals surface area contributed by atoms with Gasteiger partial charge >= 0.3 is 0 Å². The molecule has 0 aliphatic carbocycles. The Kier molecular flexibility index (Phi) is 5.40. The second kappa shape index (κ2) is 7.07. The average Bonchev–Trinajstić information content (AvgIpc) is 2.78. The summed E-state index contributed by atoms with van der Waals surface area (Å²) in [5, 5.41) is 12.9. The third-order valence-corrected chi connectivity index (χ3v) is 3.67. The lowest BCUT2D eigenvalue weighted by Crippen LogP contribution is -2.33. The van der Waals surface area contributed by atoms with Crippen molar-refractivity contribution in [2.45, 2.75) is 25.8 Å². The number of halogens is 2. The number of rotatable bonds is 6. The molecule has 0 aliphatic rings. The van der Waals surface area contributed by atoms with E-state index >= 15 is 0 Å². The van der Waals surface area contributed by atoms with Crippen molar-refractivity contribution in [2.75, 3.05) is 6.54 Å². The second-order valence-electron chi connectivity index (χ2n) is 4.78. The van der Waals surface area contributed by atoms with Gasteiger partial charge in [0.1, 0.15) is 0 Å². The Hall–Kier alpha value is -1.10. The molecule has 0 fully saturated rings. The van der Waals surface area contributed by atoms with Gasteiger partial charge in [0.2, 0.25) is 0 Å². The number of likely N-dealkylation sites (N-methyl/N-ethyl adjacent to an activating group) is 1. The van der Waals surface area contributed by atoms with Gasteiger partial charge in [0.25, 0.3) is 0 Å². The smallest absolute Gasteiger partial charge is 0.0842 e. The molecule has 1 unspecified atom stereocenters. The van der Waals surface area contributed by atoms with Crippen molar-refractivity contribution in [1.29, 1.82) is 0 Å². The molecule has 1 heterocycles. The normalized spacial score (nSPS) is 12.6. The van der Waals surface area contributed by atoms with Crippen LogP contribution in [0.2, 0.25) is 10.0 Å². The van der Waals surface area contributed by atoms with Crippen LogP contribution in [0.5, 0.6) is 0 Å². The van der Waals surface area contributed by atoms with E-state index in [1.807, 2.05) is 25.4 Å². The minimum atomic E-state index is 0.273. The van der Waals surface area contributed by atoms with Gasteiger partial charge in [-0.05, 0) is 30.7 Å². The summed E-state index contributed by atoms with van der Waals surface area (Å²) < 4.78 is 1.72. The van der Waals surface area contributed by atoms with E-state index < -0.39 is 0 Å². The molecule has 2 rings (SSSR count). The summed E-state index contributed by atoms with van der Waals surface area (Å²) in [5.41, 5.74) is 2.06. The Morgan fingerprint density at radius 2 is 2.10 bits per heavy atom. The molecular formula is C14H18Cl2N4. The van der Waals surface area contributed by atoms with Crippen LogP contribution in [0.15, 0.2) is 24.4 Å². The minimum absolute atomic E-state index is 0.273. The van der Waals surface area contributed by atoms with E-state index in [1.165, 1.54) is 0 Å². The first-order valence-corrected chi connectivity index (χ1v) is 7.36. The Morgan fingerprint density at radius 1 is 1.30 bits per heavy atom. The minimum Gasteiger partial charge on any atom is -0.314 e. The first kappa shape index (κ1) is 15.3. The molecule has 2 aromatic rings. The zero-order valence-corrected chi connectivity index (χ0v) is 13.1. The SMILES string of the molecule is CCNC(Cc1cn(C)nn1)Cc1ccc(Cl)cc1Cl. The zero-order chi connectivity index (χ0) is 14.5. The molecular weight excluding hydrogens is 295 g/mol. The van der Waals surface area contributed by atoms with Crippen molar-refractivity contribution >= 4 is 23.2 Å². The lowest BCUT2D eigenvalue weighted by atomic mass is 10.0. The number of nitrogens with one attached hydrogen (secondary N) is 1. The third-order valence-electron chi connectivity index (χ3n) is 3.08. The maximum Gasteiger partial charge on any atom is 0.0842 e. The Balaban J connectivity index is 2.08. The number of nitrogens with zero attached hydrogens (tertiary/aromatic N) is 3. The van der Waals surface area contributed by atoms with E-state index in [-0.39, 0.29) is 6.04 Å². The van der Waals surface area contributed by atoms with E-state index in [1.54, 1.807) is 10.7 Å². The van der Waals surface area contributed by atoms with Crippen LogP contribution in [0.3, 0.4) is 0 Å². The van der Waals surface area contributed by atoms with E-state index in [2.05, 4.69) is 22.6 Å². The first-order valence-electron chi connectivity index (χ1n) is 6.61. The van der Waals surface area contributed by atoms with Gasteiger partial charge in [-0.1, -0.05) is 41.4 Å². The molecule has 0 aliphatic heterocycles. The highest BCUT2D eigenvalue weighted by Crippen LogP contribution is 2.22. The van der Waals surface area contributed by atoms with Crippen molar-refractivity contribution in [3.05, 3.63) is 45.7 Å². The summed E-state index contributed by atoms with van der Waals surface area (Å²) >= 11 is 12.2. The molecule has 0 spiro atoms. The van der Waals surface area contributed by atoms with Gasteiger partial charge in [-0.25, -0.2) is 0 Å². The molecule has 1 aromatic heterocycles. The number of aryl methyl sites for hydroxylation is 1. The molecule has 6 heteroatoms. The predicted octanol–water partition coefficient (Wildman–Crippen LogP) is 2.89. The third kappa shape index (κ3) is 4.20. The highest BCUT2D eigenvalue weighted by atomic mass is 35.5. The van der Waals surface area contributed by atoms with Gasteiger partial charge in [-0.15, -0.1) is 5.10 Å². The van der Waals surface area contributed by atoms with Crippen LogP contribution in [-0.2, 0) is 19.9 Å². The van der Waals surface area contributed by atoms with Crippen molar-refractivity contribution in [2.24, 2.45) is 7.05 Å². The topological polar surface area (TPSA) is 42.7 Å². The standard InChI is InChI=1S/C14H18Cl2N4/c1-3-17-12(8-13-9-20(2)19-18-13)6-10-4-5-11(15)7-14(10)16/h4-5,7,9,12,17H,3,6,8H2,1-2H3. The maximum absolute atomic E-state index is 6.24. The fourth-order valence-electron chi connectivity index (χ4n) is 2.20. The van der Waals surface area contributed by atoms with Gasteiger partial charge in [-0.3, -0.25) is 4.68 Å². The molecule has 0 saturated carbocycles. The molecule has 4 nitrogen and oxygen atoms in total. The number of aromatic nitrogens is 3. The zero-order valence-electron chi connectivity index (χ0n) is 11.6. The van der Waals surface area contributed by atoms with Gasteiger partial charge in [0, 0.05) is 35.8 Å². The Labute approximate surface area is 129 Å². The van der Waals surface area contributed by atoms with Crippen LogP contribution in [-0.4, -0.2) is 27.6 Å². The molecule has 0 radical (unpaired) electrons. The predicted molar refractivity (Wildman–Crippen MR) is 82.3 cm³/mol. The summed E-state index contributed by atoms with van der Waals surface area (Å²) in [6.45, 7) is 2.99. The lowest BCUT2D eigenvalue weighted by molar-refractivity contribution is 0.516. The summed E-state index contributed by atoms with van der Waals surface area (Å²) in [5.74, 6) is 0. The molecule has 1 aromatic carbocycles. The van der Waals surface area contributed by atoms with E-state index in [4.69, 9.17) is 23.2 Å². The summed E-state index contributed by atoms with van der Waals surface area (Å²) in [6, 6.07) is 5.90. The molecule has 20 heavy (non-hydrogen) atoms. The van der Waals surface area contributed by atoms with Gasteiger partial charge in [-0.2, -0.15) is 0 Å². The molecule has 0 bridgehead atoms. The molecule has 108 valence electrons. The van der Waals surface area contributed by atoms with Crippen LogP contribution < -0.4 is 5.32 Å². The molecule has 1 N–H and O–H groups in total. The van der Waals surface area contributed by atoms with E-state index in [0.29, 0.717) is 10.0 Å².